The van der Waals surface area contributed by atoms with Crippen molar-refractivity contribution < 1.29 is 0 Å². The number of nitrogens with zero attached hydrogens (tertiary/aromatic N) is 4. The number of para-hydroxylation sites is 1. The Balaban J connectivity index is 1.12. The fourth-order valence-corrected chi connectivity index (χ4v) is 7.08. The third-order valence-electron chi connectivity index (χ3n) is 9.36. The molecule has 10 aromatic rings. The molecule has 0 atom stereocenters. The van der Waals surface area contributed by atoms with Crippen molar-refractivity contribution in [3.63, 3.8) is 0 Å². The van der Waals surface area contributed by atoms with Crippen LogP contribution in [0.2, 0.25) is 0 Å². The molecular weight excluding hydrogens is 573 g/mol. The average molecular weight is 599 g/mol. The first-order valence-corrected chi connectivity index (χ1v) is 15.9. The lowest BCUT2D eigenvalue weighted by atomic mass is 10.0. The summed E-state index contributed by atoms with van der Waals surface area (Å²) in [7, 11) is 0. The van der Waals surface area contributed by atoms with E-state index in [-0.39, 0.29) is 0 Å². The molecular formula is C43H26N4. The number of rotatable bonds is 3. The Hall–Kier alpha value is -6.39. The van der Waals surface area contributed by atoms with Crippen molar-refractivity contribution in [2.24, 2.45) is 0 Å². The third kappa shape index (κ3) is 4.12. The van der Waals surface area contributed by atoms with Crippen LogP contribution in [0.25, 0.3) is 93.5 Å². The van der Waals surface area contributed by atoms with Gasteiger partial charge in [0.15, 0.2) is 5.82 Å². The van der Waals surface area contributed by atoms with Crippen LogP contribution < -0.4 is 0 Å². The van der Waals surface area contributed by atoms with Gasteiger partial charge in [-0.05, 0) is 86.9 Å². The molecule has 0 amide bonds. The maximum absolute atomic E-state index is 5.13. The summed E-state index contributed by atoms with van der Waals surface area (Å²) in [6.45, 7) is 0. The zero-order valence-corrected chi connectivity index (χ0v) is 25.3. The fraction of sp³-hybridized carbons (Fsp3) is 0. The first-order chi connectivity index (χ1) is 23.3. The molecule has 4 nitrogen and oxygen atoms in total. The first kappa shape index (κ1) is 25.9. The van der Waals surface area contributed by atoms with Gasteiger partial charge in [0.05, 0.1) is 16.6 Å². The topological polar surface area (TPSA) is 43.6 Å². The monoisotopic (exact) mass is 598 g/mol. The normalized spacial score (nSPS) is 11.8. The molecule has 0 N–H and O–H groups in total. The van der Waals surface area contributed by atoms with Crippen LogP contribution in [0.4, 0.5) is 0 Å². The van der Waals surface area contributed by atoms with Gasteiger partial charge in [-0.15, -0.1) is 0 Å². The van der Waals surface area contributed by atoms with Gasteiger partial charge in [0.2, 0.25) is 0 Å². The zero-order valence-electron chi connectivity index (χ0n) is 25.3. The van der Waals surface area contributed by atoms with Crippen LogP contribution in [0.3, 0.4) is 0 Å². The molecule has 0 aliphatic heterocycles. The first-order valence-electron chi connectivity index (χ1n) is 15.9. The Kier molecular flexibility index (Phi) is 5.54. The quantitative estimate of drug-likeness (QED) is 0.203. The minimum atomic E-state index is 0.689. The van der Waals surface area contributed by atoms with Gasteiger partial charge in [0, 0.05) is 33.8 Å². The highest BCUT2D eigenvalue weighted by atomic mass is 15.0. The van der Waals surface area contributed by atoms with Crippen LogP contribution in [0.1, 0.15) is 0 Å². The van der Waals surface area contributed by atoms with Crippen LogP contribution >= 0.6 is 0 Å². The molecule has 0 saturated heterocycles. The van der Waals surface area contributed by atoms with E-state index in [1.807, 2.05) is 18.3 Å². The summed E-state index contributed by atoms with van der Waals surface area (Å²) in [6.07, 6.45) is 1.81. The SMILES string of the molecule is c1ccc2cc(-c3nc(-c4ccc5cc(-n6c7ccccc7c7cc8ccccc8cc76)ccc5c4)nc4cccnc34)ccc2c1. The number of fused-ring (bicyclic) bond motifs is 7. The standard InChI is InChI=1S/C43H26N4/c1-2-9-28-22-33(17-15-27(28)8-1)41-42-38(13-7-21-44-42)45-43(46-41)34-18-16-32-24-35(20-19-31(32)23-34)47-39-14-6-5-12-36(39)37-25-29-10-3-4-11-30(29)26-40(37)47/h1-26H. The van der Waals surface area contributed by atoms with Crippen molar-refractivity contribution >= 4 is 65.2 Å². The van der Waals surface area contributed by atoms with Crippen molar-refractivity contribution in [3.8, 4) is 28.3 Å². The molecule has 0 spiro atoms. The van der Waals surface area contributed by atoms with E-state index in [1.54, 1.807) is 0 Å². The Morgan fingerprint density at radius 3 is 1.98 bits per heavy atom. The van der Waals surface area contributed by atoms with Crippen molar-refractivity contribution in [3.05, 3.63) is 158 Å². The Morgan fingerprint density at radius 1 is 0.426 bits per heavy atom. The fourth-order valence-electron chi connectivity index (χ4n) is 7.08. The second-order valence-corrected chi connectivity index (χ2v) is 12.1. The van der Waals surface area contributed by atoms with E-state index in [0.717, 1.165) is 44.3 Å². The number of hydrogen-bond acceptors (Lipinski definition) is 3. The minimum Gasteiger partial charge on any atom is -0.309 e. The van der Waals surface area contributed by atoms with Crippen molar-refractivity contribution in [2.75, 3.05) is 0 Å². The molecule has 10 rings (SSSR count). The van der Waals surface area contributed by atoms with E-state index in [9.17, 15) is 0 Å². The number of benzene rings is 7. The Labute approximate surface area is 270 Å². The Bertz CT molecular complexity index is 2860. The number of pyridine rings is 1. The molecule has 0 saturated carbocycles. The predicted molar refractivity (Wildman–Crippen MR) is 195 cm³/mol. The second kappa shape index (κ2) is 10.1. The smallest absolute Gasteiger partial charge is 0.160 e. The summed E-state index contributed by atoms with van der Waals surface area (Å²) in [6, 6.07) is 53.9. The maximum Gasteiger partial charge on any atom is 0.160 e. The molecule has 218 valence electrons. The largest absolute Gasteiger partial charge is 0.309 e. The van der Waals surface area contributed by atoms with Gasteiger partial charge in [0.1, 0.15) is 11.2 Å². The lowest BCUT2D eigenvalue weighted by Crippen LogP contribution is -1.97. The van der Waals surface area contributed by atoms with Gasteiger partial charge < -0.3 is 4.57 Å². The van der Waals surface area contributed by atoms with E-state index >= 15 is 0 Å². The molecule has 0 fully saturated rings. The molecule has 7 aromatic carbocycles. The molecule has 0 bridgehead atoms. The lowest BCUT2D eigenvalue weighted by molar-refractivity contribution is 1.19. The molecule has 0 aliphatic carbocycles. The van der Waals surface area contributed by atoms with Gasteiger partial charge in [-0.1, -0.05) is 97.1 Å². The van der Waals surface area contributed by atoms with Gasteiger partial charge in [0.25, 0.3) is 0 Å². The van der Waals surface area contributed by atoms with E-state index < -0.39 is 0 Å². The number of aromatic nitrogens is 4. The van der Waals surface area contributed by atoms with E-state index in [1.165, 1.54) is 43.4 Å². The molecule has 3 heterocycles. The summed E-state index contributed by atoms with van der Waals surface area (Å²) < 4.78 is 2.39. The van der Waals surface area contributed by atoms with Gasteiger partial charge in [-0.3, -0.25) is 4.98 Å². The van der Waals surface area contributed by atoms with Crippen LogP contribution in [0.15, 0.2) is 158 Å². The summed E-state index contributed by atoms with van der Waals surface area (Å²) in [5.41, 5.74) is 8.02. The van der Waals surface area contributed by atoms with E-state index in [2.05, 4.69) is 149 Å². The highest BCUT2D eigenvalue weighted by Crippen LogP contribution is 2.36. The zero-order chi connectivity index (χ0) is 30.9. The van der Waals surface area contributed by atoms with E-state index in [0.29, 0.717) is 5.82 Å². The Morgan fingerprint density at radius 2 is 1.09 bits per heavy atom. The molecule has 0 radical (unpaired) electrons. The van der Waals surface area contributed by atoms with Crippen LogP contribution in [-0.4, -0.2) is 19.5 Å². The second-order valence-electron chi connectivity index (χ2n) is 12.1. The molecule has 0 aliphatic rings. The summed E-state index contributed by atoms with van der Waals surface area (Å²) in [5.74, 6) is 0.689. The van der Waals surface area contributed by atoms with Crippen molar-refractivity contribution in [2.45, 2.75) is 0 Å². The predicted octanol–water partition coefficient (Wildman–Crippen LogP) is 10.9. The lowest BCUT2D eigenvalue weighted by Gasteiger charge is -2.12. The van der Waals surface area contributed by atoms with Crippen LogP contribution in [0.5, 0.6) is 0 Å². The van der Waals surface area contributed by atoms with Gasteiger partial charge in [-0.25, -0.2) is 9.97 Å². The highest BCUT2D eigenvalue weighted by molar-refractivity contribution is 6.13. The molecule has 47 heavy (non-hydrogen) atoms. The van der Waals surface area contributed by atoms with E-state index in [4.69, 9.17) is 9.97 Å². The summed E-state index contributed by atoms with van der Waals surface area (Å²) in [5, 5.41) is 9.69. The summed E-state index contributed by atoms with van der Waals surface area (Å²) in [4.78, 5) is 14.8. The van der Waals surface area contributed by atoms with Gasteiger partial charge in [-0.2, -0.15) is 0 Å². The maximum atomic E-state index is 5.13. The highest BCUT2D eigenvalue weighted by Gasteiger charge is 2.16. The third-order valence-corrected chi connectivity index (χ3v) is 9.36. The minimum absolute atomic E-state index is 0.689. The molecule has 4 heteroatoms. The average Bonchev–Trinajstić information content (AvgIpc) is 3.45. The van der Waals surface area contributed by atoms with Gasteiger partial charge >= 0.3 is 0 Å². The van der Waals surface area contributed by atoms with Crippen molar-refractivity contribution in [1.82, 2.24) is 19.5 Å². The molecule has 3 aromatic heterocycles. The molecule has 0 unspecified atom stereocenters. The number of hydrogen-bond donors (Lipinski definition) is 0. The van der Waals surface area contributed by atoms with Crippen LogP contribution in [-0.2, 0) is 0 Å². The van der Waals surface area contributed by atoms with Crippen molar-refractivity contribution in [1.29, 1.82) is 0 Å². The van der Waals surface area contributed by atoms with Crippen LogP contribution in [0, 0.1) is 0 Å². The summed E-state index contributed by atoms with van der Waals surface area (Å²) >= 11 is 0.